The van der Waals surface area contributed by atoms with Gasteiger partial charge in [0.25, 0.3) is 0 Å². The van der Waals surface area contributed by atoms with E-state index in [-0.39, 0.29) is 24.9 Å². The summed E-state index contributed by atoms with van der Waals surface area (Å²) in [5.74, 6) is 1.06. The van der Waals surface area contributed by atoms with Crippen LogP contribution in [-0.2, 0) is 11.8 Å². The van der Waals surface area contributed by atoms with Gasteiger partial charge in [0.1, 0.15) is 18.0 Å². The average Bonchev–Trinajstić information content (AvgIpc) is 3.31. The van der Waals surface area contributed by atoms with Gasteiger partial charge in [-0.3, -0.25) is 14.5 Å². The standard InChI is InChI=1S/C24H27N7O3.ClH/c1-30-14-16(12-28-30)23-13-27-21-5-4-17(10-22(21)29-23)31(15-24(32)26-7-6-25)18-8-19(33-2)11-20(9-18)34-3;/h4-5,8-14H,6-7,15,25H2,1-3H3,(H,26,32);1H. The Labute approximate surface area is 209 Å². The quantitative estimate of drug-likeness (QED) is 0.362. The molecule has 11 heteroatoms. The number of hydrogen-bond donors (Lipinski definition) is 2. The maximum Gasteiger partial charge on any atom is 0.240 e. The van der Waals surface area contributed by atoms with Crippen molar-refractivity contribution in [1.82, 2.24) is 25.1 Å². The van der Waals surface area contributed by atoms with Crippen molar-refractivity contribution in [3.05, 3.63) is 55.0 Å². The molecule has 0 unspecified atom stereocenters. The molecule has 0 aliphatic carbocycles. The summed E-state index contributed by atoms with van der Waals surface area (Å²) in [5.41, 5.74) is 10.1. The second-order valence-corrected chi connectivity index (χ2v) is 7.63. The molecule has 1 amide bonds. The maximum atomic E-state index is 12.7. The molecule has 0 atom stereocenters. The third-order valence-corrected chi connectivity index (χ3v) is 5.25. The predicted molar refractivity (Wildman–Crippen MR) is 138 cm³/mol. The molecule has 2 heterocycles. The molecule has 0 saturated carbocycles. The summed E-state index contributed by atoms with van der Waals surface area (Å²) >= 11 is 0. The highest BCUT2D eigenvalue weighted by molar-refractivity contribution is 5.88. The first-order valence-electron chi connectivity index (χ1n) is 10.7. The highest BCUT2D eigenvalue weighted by Gasteiger charge is 2.17. The van der Waals surface area contributed by atoms with Crippen LogP contribution in [0.2, 0.25) is 0 Å². The molecule has 0 radical (unpaired) electrons. The number of fused-ring (bicyclic) bond motifs is 1. The van der Waals surface area contributed by atoms with E-state index in [1.165, 1.54) is 0 Å². The van der Waals surface area contributed by atoms with E-state index in [4.69, 9.17) is 20.2 Å². The third kappa shape index (κ3) is 5.97. The lowest BCUT2D eigenvalue weighted by atomic mass is 10.2. The SMILES string of the molecule is COc1cc(OC)cc(N(CC(=O)NCCN)c2ccc3ncc(-c4cnn(C)c4)nc3c2)c1.Cl. The minimum absolute atomic E-state index is 0. The van der Waals surface area contributed by atoms with Gasteiger partial charge < -0.3 is 25.4 Å². The van der Waals surface area contributed by atoms with Crippen molar-refractivity contribution in [2.75, 3.05) is 38.8 Å². The van der Waals surface area contributed by atoms with E-state index in [0.29, 0.717) is 35.8 Å². The van der Waals surface area contributed by atoms with Crippen molar-refractivity contribution in [2.24, 2.45) is 12.8 Å². The summed E-state index contributed by atoms with van der Waals surface area (Å²) in [6.07, 6.45) is 5.36. The number of hydrogen-bond acceptors (Lipinski definition) is 8. The topological polar surface area (TPSA) is 120 Å². The molecule has 10 nitrogen and oxygen atoms in total. The lowest BCUT2D eigenvalue weighted by molar-refractivity contribution is -0.119. The van der Waals surface area contributed by atoms with E-state index >= 15 is 0 Å². The molecule has 0 bridgehead atoms. The molecule has 35 heavy (non-hydrogen) atoms. The number of carbonyl (C=O) groups excluding carboxylic acids is 1. The van der Waals surface area contributed by atoms with Gasteiger partial charge in [-0.25, -0.2) is 4.98 Å². The summed E-state index contributed by atoms with van der Waals surface area (Å²) in [6, 6.07) is 11.2. The minimum atomic E-state index is -0.164. The fraction of sp³-hybridized carbons (Fsp3) is 0.250. The Morgan fingerprint density at radius 3 is 2.43 bits per heavy atom. The van der Waals surface area contributed by atoms with Gasteiger partial charge >= 0.3 is 0 Å². The monoisotopic (exact) mass is 497 g/mol. The van der Waals surface area contributed by atoms with Crippen LogP contribution in [-0.4, -0.2) is 59.5 Å². The van der Waals surface area contributed by atoms with E-state index in [1.807, 2.05) is 48.5 Å². The number of anilines is 2. The molecule has 3 N–H and O–H groups in total. The highest BCUT2D eigenvalue weighted by atomic mass is 35.5. The second kappa shape index (κ2) is 11.5. The number of benzene rings is 2. The van der Waals surface area contributed by atoms with Crippen LogP contribution >= 0.6 is 12.4 Å². The fourth-order valence-corrected chi connectivity index (χ4v) is 3.55. The van der Waals surface area contributed by atoms with Gasteiger partial charge in [0.05, 0.1) is 43.3 Å². The van der Waals surface area contributed by atoms with Gasteiger partial charge in [-0.15, -0.1) is 12.4 Å². The molecule has 4 aromatic rings. The Morgan fingerprint density at radius 1 is 1.06 bits per heavy atom. The van der Waals surface area contributed by atoms with Crippen LogP contribution in [0.25, 0.3) is 22.3 Å². The van der Waals surface area contributed by atoms with Crippen molar-refractivity contribution in [1.29, 1.82) is 0 Å². The van der Waals surface area contributed by atoms with Crippen LogP contribution in [0.1, 0.15) is 0 Å². The average molecular weight is 498 g/mol. The van der Waals surface area contributed by atoms with Gasteiger partial charge in [0.15, 0.2) is 0 Å². The van der Waals surface area contributed by atoms with Gasteiger partial charge in [0.2, 0.25) is 5.91 Å². The highest BCUT2D eigenvalue weighted by Crippen LogP contribution is 2.34. The van der Waals surface area contributed by atoms with Crippen molar-refractivity contribution >= 4 is 40.7 Å². The Hall–Kier alpha value is -3.89. The number of carbonyl (C=O) groups is 1. The van der Waals surface area contributed by atoms with Crippen LogP contribution in [0.4, 0.5) is 11.4 Å². The van der Waals surface area contributed by atoms with Gasteiger partial charge in [-0.2, -0.15) is 5.10 Å². The zero-order valence-corrected chi connectivity index (χ0v) is 20.6. The second-order valence-electron chi connectivity index (χ2n) is 7.63. The number of ether oxygens (including phenoxy) is 2. The van der Waals surface area contributed by atoms with Crippen LogP contribution in [0.5, 0.6) is 11.5 Å². The summed E-state index contributed by atoms with van der Waals surface area (Å²) in [5, 5.41) is 7.04. The van der Waals surface area contributed by atoms with E-state index in [0.717, 1.165) is 22.5 Å². The number of halogens is 1. The van der Waals surface area contributed by atoms with Crippen molar-refractivity contribution < 1.29 is 14.3 Å². The lowest BCUT2D eigenvalue weighted by Crippen LogP contribution is -2.37. The third-order valence-electron chi connectivity index (χ3n) is 5.25. The molecule has 0 aliphatic heterocycles. The number of aryl methyl sites for hydroxylation is 1. The molecule has 2 aromatic carbocycles. The van der Waals surface area contributed by atoms with Crippen LogP contribution in [0.15, 0.2) is 55.0 Å². The van der Waals surface area contributed by atoms with E-state index < -0.39 is 0 Å². The minimum Gasteiger partial charge on any atom is -0.497 e. The molecular weight excluding hydrogens is 470 g/mol. The number of rotatable bonds is 9. The van der Waals surface area contributed by atoms with Gasteiger partial charge in [-0.05, 0) is 18.2 Å². The van der Waals surface area contributed by atoms with Gasteiger partial charge in [-0.1, -0.05) is 0 Å². The zero-order valence-electron chi connectivity index (χ0n) is 19.8. The van der Waals surface area contributed by atoms with Crippen LogP contribution in [0.3, 0.4) is 0 Å². The molecule has 0 saturated heterocycles. The molecule has 0 aliphatic rings. The first kappa shape index (κ1) is 25.7. The number of nitrogens with zero attached hydrogens (tertiary/aromatic N) is 5. The Balaban J connectivity index is 0.00000342. The molecule has 4 rings (SSSR count). The molecule has 2 aromatic heterocycles. The normalized spacial score (nSPS) is 10.5. The number of nitrogens with two attached hydrogens (primary N) is 1. The Bertz CT molecular complexity index is 1290. The molecule has 0 fully saturated rings. The molecular formula is C24H28ClN7O3. The van der Waals surface area contributed by atoms with Gasteiger partial charge in [0, 0.05) is 61.5 Å². The number of nitrogens with one attached hydrogen (secondary N) is 1. The van der Waals surface area contributed by atoms with Crippen molar-refractivity contribution in [3.8, 4) is 22.8 Å². The smallest absolute Gasteiger partial charge is 0.240 e. The fourth-order valence-electron chi connectivity index (χ4n) is 3.55. The Morgan fingerprint density at radius 2 is 1.80 bits per heavy atom. The zero-order chi connectivity index (χ0) is 24.1. The van der Waals surface area contributed by atoms with E-state index in [9.17, 15) is 4.79 Å². The number of methoxy groups -OCH3 is 2. The number of amides is 1. The lowest BCUT2D eigenvalue weighted by Gasteiger charge is -2.25. The predicted octanol–water partition coefficient (Wildman–Crippen LogP) is 2.68. The van der Waals surface area contributed by atoms with Crippen LogP contribution in [0, 0.1) is 0 Å². The van der Waals surface area contributed by atoms with Crippen LogP contribution < -0.4 is 25.4 Å². The first-order chi connectivity index (χ1) is 16.5. The van der Waals surface area contributed by atoms with Crippen molar-refractivity contribution in [2.45, 2.75) is 0 Å². The summed E-state index contributed by atoms with van der Waals surface area (Å²) < 4.78 is 12.6. The maximum absolute atomic E-state index is 12.7. The summed E-state index contributed by atoms with van der Waals surface area (Å²) in [6.45, 7) is 0.824. The number of aromatic nitrogens is 4. The molecule has 184 valence electrons. The largest absolute Gasteiger partial charge is 0.497 e. The van der Waals surface area contributed by atoms with E-state index in [2.05, 4.69) is 15.4 Å². The summed E-state index contributed by atoms with van der Waals surface area (Å²) in [4.78, 5) is 23.9. The van der Waals surface area contributed by atoms with E-state index in [1.54, 1.807) is 37.4 Å². The molecule has 0 spiro atoms. The summed E-state index contributed by atoms with van der Waals surface area (Å²) in [7, 11) is 5.02. The first-order valence-corrected chi connectivity index (χ1v) is 10.7. The van der Waals surface area contributed by atoms with Crippen molar-refractivity contribution in [3.63, 3.8) is 0 Å². The Kier molecular flexibility index (Phi) is 8.45.